The van der Waals surface area contributed by atoms with Crippen LogP contribution in [-0.4, -0.2) is 0 Å². The van der Waals surface area contributed by atoms with E-state index in [1.54, 1.807) is 6.20 Å². The Labute approximate surface area is 72.0 Å². The maximum atomic E-state index is 5.67. The lowest BCUT2D eigenvalue weighted by atomic mass is 10.1. The molecule has 0 aliphatic carbocycles. The van der Waals surface area contributed by atoms with Crippen LogP contribution in [0.2, 0.25) is 0 Å². The molecule has 64 valence electrons. The van der Waals surface area contributed by atoms with Gasteiger partial charge in [-0.1, -0.05) is 29.8 Å². The molecule has 5 N–H and O–H groups in total. The molecule has 3 nitrogen and oxygen atoms in total. The molecule has 3 heteroatoms. The Balaban J connectivity index is 2.89. The Bertz CT molecular complexity index is 274. The van der Waals surface area contributed by atoms with E-state index in [2.05, 4.69) is 5.43 Å². The number of nitrogens with two attached hydrogens (primary N) is 2. The van der Waals surface area contributed by atoms with Gasteiger partial charge in [-0.15, -0.1) is 0 Å². The molecular formula is C9H13N3. The molecule has 0 aliphatic rings. The first-order valence-electron chi connectivity index (χ1n) is 3.73. The summed E-state index contributed by atoms with van der Waals surface area (Å²) >= 11 is 0. The molecule has 0 unspecified atom stereocenters. The van der Waals surface area contributed by atoms with Crippen LogP contribution in [0.15, 0.2) is 30.5 Å². The summed E-state index contributed by atoms with van der Waals surface area (Å²) in [5.41, 5.74) is 10.9. The number of aryl methyl sites for hydroxylation is 1. The molecule has 0 amide bonds. The van der Waals surface area contributed by atoms with Crippen molar-refractivity contribution in [3.05, 3.63) is 41.6 Å². The SMILES string of the molecule is Cc1ccc(/C(N)=C/NN)cc1. The third-order valence-electron chi connectivity index (χ3n) is 1.62. The molecule has 1 aromatic rings. The highest BCUT2D eigenvalue weighted by Crippen LogP contribution is 2.08. The van der Waals surface area contributed by atoms with E-state index >= 15 is 0 Å². The second-order valence-electron chi connectivity index (χ2n) is 2.63. The Kier molecular flexibility index (Phi) is 2.71. The Hall–Kier alpha value is -1.48. The van der Waals surface area contributed by atoms with E-state index in [1.165, 1.54) is 5.56 Å². The number of benzene rings is 1. The summed E-state index contributed by atoms with van der Waals surface area (Å²) in [6.45, 7) is 2.03. The van der Waals surface area contributed by atoms with Crippen molar-refractivity contribution in [3.8, 4) is 0 Å². The zero-order chi connectivity index (χ0) is 8.97. The van der Waals surface area contributed by atoms with Crippen LogP contribution in [-0.2, 0) is 0 Å². The number of hydrogen-bond acceptors (Lipinski definition) is 3. The highest BCUT2D eigenvalue weighted by atomic mass is 15.2. The third-order valence-corrected chi connectivity index (χ3v) is 1.62. The summed E-state index contributed by atoms with van der Waals surface area (Å²) in [4.78, 5) is 0. The molecule has 0 fully saturated rings. The quantitative estimate of drug-likeness (QED) is 0.444. The fraction of sp³-hybridized carbons (Fsp3) is 0.111. The maximum Gasteiger partial charge on any atom is 0.0561 e. The van der Waals surface area contributed by atoms with Crippen LogP contribution in [0.5, 0.6) is 0 Å². The molecule has 0 spiro atoms. The smallest absolute Gasteiger partial charge is 0.0561 e. The lowest BCUT2D eigenvalue weighted by molar-refractivity contribution is 0.967. The predicted molar refractivity (Wildman–Crippen MR) is 50.7 cm³/mol. The Morgan fingerprint density at radius 2 is 1.92 bits per heavy atom. The van der Waals surface area contributed by atoms with E-state index in [9.17, 15) is 0 Å². The minimum absolute atomic E-state index is 0.637. The van der Waals surface area contributed by atoms with Crippen LogP contribution < -0.4 is 17.0 Å². The van der Waals surface area contributed by atoms with E-state index in [0.29, 0.717) is 5.70 Å². The predicted octanol–water partition coefficient (Wildman–Crippen LogP) is 0.715. The summed E-state index contributed by atoms with van der Waals surface area (Å²) in [5.74, 6) is 5.09. The highest BCUT2D eigenvalue weighted by Gasteiger charge is 1.93. The van der Waals surface area contributed by atoms with Crippen molar-refractivity contribution in [1.82, 2.24) is 5.43 Å². The van der Waals surface area contributed by atoms with Crippen molar-refractivity contribution in [2.24, 2.45) is 11.6 Å². The van der Waals surface area contributed by atoms with Gasteiger partial charge in [0.05, 0.1) is 5.70 Å². The van der Waals surface area contributed by atoms with Crippen LogP contribution in [0, 0.1) is 6.92 Å². The Morgan fingerprint density at radius 3 is 2.42 bits per heavy atom. The first kappa shape index (κ1) is 8.62. The van der Waals surface area contributed by atoms with Crippen LogP contribution >= 0.6 is 0 Å². The van der Waals surface area contributed by atoms with Crippen molar-refractivity contribution in [3.63, 3.8) is 0 Å². The third kappa shape index (κ3) is 2.00. The van der Waals surface area contributed by atoms with E-state index in [1.807, 2.05) is 31.2 Å². The molecule has 0 radical (unpaired) electrons. The monoisotopic (exact) mass is 163 g/mol. The largest absolute Gasteiger partial charge is 0.397 e. The van der Waals surface area contributed by atoms with Gasteiger partial charge < -0.3 is 11.2 Å². The molecule has 0 saturated heterocycles. The molecule has 0 heterocycles. The summed E-state index contributed by atoms with van der Waals surface area (Å²) < 4.78 is 0. The van der Waals surface area contributed by atoms with Crippen LogP contribution in [0.25, 0.3) is 5.70 Å². The molecule has 1 rings (SSSR count). The summed E-state index contributed by atoms with van der Waals surface area (Å²) in [5, 5.41) is 0. The van der Waals surface area contributed by atoms with E-state index in [4.69, 9.17) is 11.6 Å². The number of hydrogen-bond donors (Lipinski definition) is 3. The average Bonchev–Trinajstić information content (AvgIpc) is 2.06. The van der Waals surface area contributed by atoms with Gasteiger partial charge in [-0.05, 0) is 12.5 Å². The van der Waals surface area contributed by atoms with Crippen molar-refractivity contribution in [2.75, 3.05) is 0 Å². The van der Waals surface area contributed by atoms with E-state index in [0.717, 1.165) is 5.56 Å². The van der Waals surface area contributed by atoms with E-state index in [-0.39, 0.29) is 0 Å². The van der Waals surface area contributed by atoms with Crippen LogP contribution in [0.1, 0.15) is 11.1 Å². The topological polar surface area (TPSA) is 64.1 Å². The molecule has 0 aliphatic heterocycles. The second-order valence-corrected chi connectivity index (χ2v) is 2.63. The fourth-order valence-electron chi connectivity index (χ4n) is 0.919. The van der Waals surface area contributed by atoms with Crippen molar-refractivity contribution < 1.29 is 0 Å². The van der Waals surface area contributed by atoms with Gasteiger partial charge in [0.2, 0.25) is 0 Å². The first-order chi connectivity index (χ1) is 5.74. The molecular weight excluding hydrogens is 150 g/mol. The zero-order valence-corrected chi connectivity index (χ0v) is 7.04. The number of rotatable bonds is 2. The average molecular weight is 163 g/mol. The summed E-state index contributed by atoms with van der Waals surface area (Å²) in [6, 6.07) is 7.93. The number of hydrazine groups is 1. The highest BCUT2D eigenvalue weighted by molar-refractivity contribution is 5.62. The minimum atomic E-state index is 0.637. The molecule has 1 aromatic carbocycles. The minimum Gasteiger partial charge on any atom is -0.397 e. The molecule has 12 heavy (non-hydrogen) atoms. The zero-order valence-electron chi connectivity index (χ0n) is 7.04. The summed E-state index contributed by atoms with van der Waals surface area (Å²) in [6.07, 6.45) is 1.56. The molecule has 0 saturated carbocycles. The van der Waals surface area contributed by atoms with Gasteiger partial charge in [0.15, 0.2) is 0 Å². The lowest BCUT2D eigenvalue weighted by Gasteiger charge is -2.01. The first-order valence-corrected chi connectivity index (χ1v) is 3.73. The van der Waals surface area contributed by atoms with Gasteiger partial charge in [-0.25, -0.2) is 0 Å². The Morgan fingerprint density at radius 1 is 1.33 bits per heavy atom. The van der Waals surface area contributed by atoms with Gasteiger partial charge in [-0.2, -0.15) is 0 Å². The molecule has 0 atom stereocenters. The van der Waals surface area contributed by atoms with Gasteiger partial charge in [-0.3, -0.25) is 5.84 Å². The van der Waals surface area contributed by atoms with Gasteiger partial charge >= 0.3 is 0 Å². The normalized spacial score (nSPS) is 11.3. The second kappa shape index (κ2) is 3.78. The molecule has 0 aromatic heterocycles. The van der Waals surface area contributed by atoms with Crippen molar-refractivity contribution in [1.29, 1.82) is 0 Å². The van der Waals surface area contributed by atoms with Crippen LogP contribution in [0.4, 0.5) is 0 Å². The van der Waals surface area contributed by atoms with Gasteiger partial charge in [0.25, 0.3) is 0 Å². The molecule has 0 bridgehead atoms. The van der Waals surface area contributed by atoms with Crippen LogP contribution in [0.3, 0.4) is 0 Å². The van der Waals surface area contributed by atoms with Gasteiger partial charge in [0, 0.05) is 6.20 Å². The van der Waals surface area contributed by atoms with Crippen molar-refractivity contribution >= 4 is 5.70 Å². The lowest BCUT2D eigenvalue weighted by Crippen LogP contribution is -2.16. The van der Waals surface area contributed by atoms with Gasteiger partial charge in [0.1, 0.15) is 0 Å². The van der Waals surface area contributed by atoms with Crippen molar-refractivity contribution in [2.45, 2.75) is 6.92 Å². The fourth-order valence-corrected chi connectivity index (χ4v) is 0.919. The summed E-state index contributed by atoms with van der Waals surface area (Å²) in [7, 11) is 0. The number of nitrogens with one attached hydrogen (secondary N) is 1. The maximum absolute atomic E-state index is 5.67. The van der Waals surface area contributed by atoms with E-state index < -0.39 is 0 Å². The standard InChI is InChI=1S/C9H13N3/c1-7-2-4-8(5-3-7)9(10)6-12-11/h2-6,12H,10-11H2,1H3/b9-6-.